The van der Waals surface area contributed by atoms with Gasteiger partial charge in [0.2, 0.25) is 0 Å². The highest BCUT2D eigenvalue weighted by atomic mass is 16.2. The Hall–Kier alpha value is -3.94. The van der Waals surface area contributed by atoms with Crippen LogP contribution in [0.25, 0.3) is 17.0 Å². The first-order valence-electron chi connectivity index (χ1n) is 13.9. The molecule has 8 heteroatoms. The number of amides is 2. The molecule has 39 heavy (non-hydrogen) atoms. The number of hydrogen-bond acceptors (Lipinski definition) is 4. The lowest BCUT2D eigenvalue weighted by molar-refractivity contribution is 0.0931. The molecule has 2 heterocycles. The number of ketones is 1. The Kier molecular flexibility index (Phi) is 7.55. The summed E-state index contributed by atoms with van der Waals surface area (Å²) in [5.74, 6) is 0.538. The molecule has 1 aromatic heterocycles. The van der Waals surface area contributed by atoms with Gasteiger partial charge < -0.3 is 10.2 Å². The smallest absolute Gasteiger partial charge is 0.324 e. The fourth-order valence-electron chi connectivity index (χ4n) is 5.48. The molecule has 0 spiro atoms. The summed E-state index contributed by atoms with van der Waals surface area (Å²) in [5, 5.41) is 3.36. The van der Waals surface area contributed by atoms with Gasteiger partial charge in [0.25, 0.3) is 5.56 Å². The Bertz CT molecular complexity index is 1530. The molecule has 2 amide bonds. The normalized spacial score (nSPS) is 17.4. The molecule has 2 aliphatic rings. The predicted octanol–water partition coefficient (Wildman–Crippen LogP) is 5.31. The molecule has 1 unspecified atom stereocenters. The zero-order valence-electron chi connectivity index (χ0n) is 22.7. The van der Waals surface area contributed by atoms with Crippen LogP contribution >= 0.6 is 0 Å². The van der Waals surface area contributed by atoms with Gasteiger partial charge in [-0.2, -0.15) is 0 Å². The van der Waals surface area contributed by atoms with Crippen molar-refractivity contribution in [3.63, 3.8) is 0 Å². The van der Waals surface area contributed by atoms with E-state index < -0.39 is 0 Å². The number of Topliss-reactive ketones (excluding diaryl/α,β-unsaturated/α-hetero) is 1. The van der Waals surface area contributed by atoms with Crippen molar-refractivity contribution in [2.75, 3.05) is 18.4 Å². The second-order valence-electron chi connectivity index (χ2n) is 11.2. The Balaban J connectivity index is 1.31. The van der Waals surface area contributed by atoms with Gasteiger partial charge in [0, 0.05) is 43.3 Å². The fourth-order valence-corrected chi connectivity index (χ4v) is 5.48. The summed E-state index contributed by atoms with van der Waals surface area (Å²) in [5.41, 5.74) is 2.13. The zero-order valence-corrected chi connectivity index (χ0v) is 22.7. The average Bonchev–Trinajstić information content (AvgIpc) is 3.76. The maximum Gasteiger partial charge on any atom is 0.331 e. The number of aromatic nitrogens is 2. The highest BCUT2D eigenvalue weighted by Gasteiger charge is 2.27. The van der Waals surface area contributed by atoms with Crippen molar-refractivity contribution < 1.29 is 9.59 Å². The first-order chi connectivity index (χ1) is 18.7. The molecule has 1 saturated heterocycles. The van der Waals surface area contributed by atoms with Gasteiger partial charge in [-0.25, -0.2) is 9.59 Å². The van der Waals surface area contributed by atoms with Gasteiger partial charge in [-0.05, 0) is 75.1 Å². The molecule has 1 atom stereocenters. The highest BCUT2D eigenvalue weighted by molar-refractivity contribution is 5.96. The maximum atomic E-state index is 13.3. The summed E-state index contributed by atoms with van der Waals surface area (Å²) in [7, 11) is 0. The van der Waals surface area contributed by atoms with Crippen LogP contribution in [0.4, 0.5) is 10.5 Å². The van der Waals surface area contributed by atoms with E-state index in [-0.39, 0.29) is 35.0 Å². The number of urea groups is 1. The van der Waals surface area contributed by atoms with E-state index in [4.69, 9.17) is 0 Å². The lowest BCUT2D eigenvalue weighted by Crippen LogP contribution is -2.43. The van der Waals surface area contributed by atoms with Crippen LogP contribution in [0.3, 0.4) is 0 Å². The minimum absolute atomic E-state index is 0.0751. The van der Waals surface area contributed by atoms with Gasteiger partial charge in [0.05, 0.1) is 10.9 Å². The second kappa shape index (κ2) is 11.0. The van der Waals surface area contributed by atoms with Crippen molar-refractivity contribution >= 4 is 34.5 Å². The van der Waals surface area contributed by atoms with Gasteiger partial charge in [0.15, 0.2) is 5.78 Å². The van der Waals surface area contributed by atoms with E-state index in [0.717, 1.165) is 31.2 Å². The molecule has 8 nitrogen and oxygen atoms in total. The van der Waals surface area contributed by atoms with Crippen LogP contribution in [-0.2, 0) is 6.54 Å². The molecule has 5 rings (SSSR count). The number of anilines is 1. The molecule has 2 fully saturated rings. The Morgan fingerprint density at radius 1 is 1.05 bits per heavy atom. The SMILES string of the molecule is C=Cc1ccc(C(=O)CC2CCCN(C(=O)Nc3ccc4c(c3)c(=O)n(CC3CC3)c(=O)n4C(C)C)C2)cc1. The lowest BCUT2D eigenvalue weighted by Gasteiger charge is -2.32. The second-order valence-corrected chi connectivity index (χ2v) is 11.2. The van der Waals surface area contributed by atoms with Crippen LogP contribution in [0.15, 0.2) is 58.6 Å². The van der Waals surface area contributed by atoms with Crippen molar-refractivity contribution in [2.45, 2.75) is 58.5 Å². The van der Waals surface area contributed by atoms with Crippen LogP contribution in [0.1, 0.15) is 67.9 Å². The van der Waals surface area contributed by atoms with Crippen LogP contribution in [0.5, 0.6) is 0 Å². The monoisotopic (exact) mass is 528 g/mol. The third-order valence-corrected chi connectivity index (χ3v) is 7.82. The molecular weight excluding hydrogens is 492 g/mol. The number of nitrogens with zero attached hydrogens (tertiary/aromatic N) is 3. The van der Waals surface area contributed by atoms with Crippen molar-refractivity contribution in [2.24, 2.45) is 11.8 Å². The van der Waals surface area contributed by atoms with Crippen LogP contribution < -0.4 is 16.6 Å². The number of piperidine rings is 1. The van der Waals surface area contributed by atoms with Crippen LogP contribution in [-0.4, -0.2) is 38.9 Å². The Morgan fingerprint density at radius 3 is 2.46 bits per heavy atom. The van der Waals surface area contributed by atoms with E-state index in [9.17, 15) is 19.2 Å². The van der Waals surface area contributed by atoms with E-state index in [1.807, 2.05) is 38.1 Å². The molecule has 1 N–H and O–H groups in total. The third kappa shape index (κ3) is 5.75. The summed E-state index contributed by atoms with van der Waals surface area (Å²) in [6, 6.07) is 12.2. The van der Waals surface area contributed by atoms with Crippen LogP contribution in [0, 0.1) is 11.8 Å². The minimum atomic E-state index is -0.312. The number of nitrogens with one attached hydrogen (secondary N) is 1. The number of fused-ring (bicyclic) bond motifs is 1. The Labute approximate surface area is 227 Å². The highest BCUT2D eigenvalue weighted by Crippen LogP contribution is 2.30. The van der Waals surface area contributed by atoms with Crippen molar-refractivity contribution in [1.29, 1.82) is 0 Å². The molecule has 3 aromatic rings. The molecule has 204 valence electrons. The largest absolute Gasteiger partial charge is 0.331 e. The van der Waals surface area contributed by atoms with Crippen molar-refractivity contribution in [3.05, 3.63) is 81.0 Å². The van der Waals surface area contributed by atoms with Gasteiger partial charge in [-0.1, -0.05) is 36.9 Å². The zero-order chi connectivity index (χ0) is 27.7. The van der Waals surface area contributed by atoms with Gasteiger partial charge >= 0.3 is 11.7 Å². The predicted molar refractivity (Wildman–Crippen MR) is 154 cm³/mol. The van der Waals surface area contributed by atoms with Gasteiger partial charge in [-0.15, -0.1) is 0 Å². The molecule has 1 aliphatic heterocycles. The van der Waals surface area contributed by atoms with Crippen LogP contribution in [0.2, 0.25) is 0 Å². The quantitative estimate of drug-likeness (QED) is 0.401. The van der Waals surface area contributed by atoms with E-state index in [1.54, 1.807) is 33.7 Å². The Morgan fingerprint density at radius 2 is 1.79 bits per heavy atom. The van der Waals surface area contributed by atoms with Crippen molar-refractivity contribution in [3.8, 4) is 0 Å². The average molecular weight is 529 g/mol. The summed E-state index contributed by atoms with van der Waals surface area (Å²) in [6.45, 7) is 9.14. The molecule has 2 aromatic carbocycles. The number of likely N-dealkylation sites (tertiary alicyclic amines) is 1. The third-order valence-electron chi connectivity index (χ3n) is 7.82. The maximum absolute atomic E-state index is 13.3. The number of hydrogen-bond donors (Lipinski definition) is 1. The summed E-state index contributed by atoms with van der Waals surface area (Å²) < 4.78 is 3.00. The number of rotatable bonds is 8. The molecule has 0 bridgehead atoms. The fraction of sp³-hybridized carbons (Fsp3) is 0.419. The summed E-state index contributed by atoms with van der Waals surface area (Å²) >= 11 is 0. The summed E-state index contributed by atoms with van der Waals surface area (Å²) in [4.78, 5) is 54.2. The number of benzene rings is 2. The topological polar surface area (TPSA) is 93.4 Å². The van der Waals surface area contributed by atoms with Crippen molar-refractivity contribution in [1.82, 2.24) is 14.0 Å². The van der Waals surface area contributed by atoms with E-state index in [2.05, 4.69) is 11.9 Å². The molecule has 1 saturated carbocycles. The van der Waals surface area contributed by atoms with Gasteiger partial charge in [0.1, 0.15) is 0 Å². The molecule has 0 radical (unpaired) electrons. The lowest BCUT2D eigenvalue weighted by atomic mass is 9.91. The van der Waals surface area contributed by atoms with E-state index in [1.165, 1.54) is 4.57 Å². The number of carbonyl (C=O) groups excluding carboxylic acids is 2. The minimum Gasteiger partial charge on any atom is -0.324 e. The van der Waals surface area contributed by atoms with E-state index >= 15 is 0 Å². The summed E-state index contributed by atoms with van der Waals surface area (Å²) in [6.07, 6.45) is 5.92. The standard InChI is InChI=1S/C31H36N4O4/c1-4-21-9-11-24(12-10-21)28(36)16-23-6-5-15-33(18-23)30(38)32-25-13-14-27-26(17-25)29(37)34(19-22-7-8-22)31(39)35(27)20(2)3/h4,9-14,17,20,22-23H,1,5-8,15-16,18-19H2,2-3H3,(H,32,38). The molecule has 1 aliphatic carbocycles. The first kappa shape index (κ1) is 26.7. The van der Waals surface area contributed by atoms with Gasteiger partial charge in [-0.3, -0.25) is 18.7 Å². The van der Waals surface area contributed by atoms with E-state index in [0.29, 0.717) is 54.1 Å². The number of carbonyl (C=O) groups is 2. The first-order valence-corrected chi connectivity index (χ1v) is 13.9. The molecular formula is C31H36N4O4.